The van der Waals surface area contributed by atoms with Crippen LogP contribution >= 0.6 is 0 Å². The Balaban J connectivity index is 1.70. The Morgan fingerprint density at radius 3 is 2.74 bits per heavy atom. The van der Waals surface area contributed by atoms with E-state index in [1.165, 1.54) is 5.56 Å². The SMILES string of the molecule is CC1(C)COCCN1C(=O)C1CC1c1ccccc1. The number of morpholine rings is 1. The van der Waals surface area contributed by atoms with Gasteiger partial charge in [-0.1, -0.05) is 30.3 Å². The molecule has 0 N–H and O–H groups in total. The van der Waals surface area contributed by atoms with Crippen molar-refractivity contribution in [3.05, 3.63) is 35.9 Å². The third-order valence-corrected chi connectivity index (χ3v) is 4.25. The van der Waals surface area contributed by atoms with Gasteiger partial charge in [0.1, 0.15) is 0 Å². The summed E-state index contributed by atoms with van der Waals surface area (Å²) in [6.45, 7) is 6.21. The molecule has 1 saturated carbocycles. The van der Waals surface area contributed by atoms with Gasteiger partial charge in [-0.25, -0.2) is 0 Å². The van der Waals surface area contributed by atoms with Crippen molar-refractivity contribution >= 4 is 5.91 Å². The van der Waals surface area contributed by atoms with Gasteiger partial charge in [-0.05, 0) is 31.7 Å². The van der Waals surface area contributed by atoms with E-state index in [1.807, 2.05) is 23.1 Å². The predicted octanol–water partition coefficient (Wildman–Crippen LogP) is 2.43. The van der Waals surface area contributed by atoms with Crippen LogP contribution in [-0.2, 0) is 9.53 Å². The van der Waals surface area contributed by atoms with Crippen molar-refractivity contribution in [3.8, 4) is 0 Å². The zero-order chi connectivity index (χ0) is 13.5. The van der Waals surface area contributed by atoms with Crippen molar-refractivity contribution in [3.63, 3.8) is 0 Å². The fourth-order valence-electron chi connectivity index (χ4n) is 3.00. The first-order chi connectivity index (χ1) is 9.09. The van der Waals surface area contributed by atoms with E-state index in [-0.39, 0.29) is 11.5 Å². The number of hydrogen-bond acceptors (Lipinski definition) is 2. The second-order valence-electron chi connectivity index (χ2n) is 6.21. The number of ether oxygens (including phenoxy) is 1. The van der Waals surface area contributed by atoms with Gasteiger partial charge in [-0.15, -0.1) is 0 Å². The Morgan fingerprint density at radius 1 is 1.32 bits per heavy atom. The molecule has 1 heterocycles. The van der Waals surface area contributed by atoms with Crippen LogP contribution in [0, 0.1) is 5.92 Å². The number of amides is 1. The Labute approximate surface area is 114 Å². The minimum Gasteiger partial charge on any atom is -0.377 e. The van der Waals surface area contributed by atoms with Crippen LogP contribution in [0.4, 0.5) is 0 Å². The van der Waals surface area contributed by atoms with Gasteiger partial charge >= 0.3 is 0 Å². The molecule has 2 aliphatic rings. The van der Waals surface area contributed by atoms with E-state index in [2.05, 4.69) is 26.0 Å². The number of benzene rings is 1. The molecule has 1 saturated heterocycles. The van der Waals surface area contributed by atoms with E-state index in [4.69, 9.17) is 4.74 Å². The molecule has 2 unspecified atom stereocenters. The molecule has 0 radical (unpaired) electrons. The summed E-state index contributed by atoms with van der Waals surface area (Å²) in [6, 6.07) is 10.4. The fourth-order valence-corrected chi connectivity index (χ4v) is 3.00. The number of carbonyl (C=O) groups excluding carboxylic acids is 1. The molecule has 1 amide bonds. The summed E-state index contributed by atoms with van der Waals surface area (Å²) in [5.74, 6) is 0.911. The van der Waals surface area contributed by atoms with E-state index < -0.39 is 0 Å². The first kappa shape index (κ1) is 12.7. The zero-order valence-corrected chi connectivity index (χ0v) is 11.6. The maximum atomic E-state index is 12.6. The summed E-state index contributed by atoms with van der Waals surface area (Å²) in [5.41, 5.74) is 1.13. The molecule has 2 atom stereocenters. The lowest BCUT2D eigenvalue weighted by Crippen LogP contribution is -2.56. The minimum atomic E-state index is -0.167. The highest BCUT2D eigenvalue weighted by atomic mass is 16.5. The molecule has 0 aromatic heterocycles. The summed E-state index contributed by atoms with van der Waals surface area (Å²) in [6.07, 6.45) is 0.996. The lowest BCUT2D eigenvalue weighted by atomic mass is 10.0. The second-order valence-corrected chi connectivity index (χ2v) is 6.21. The van der Waals surface area contributed by atoms with Crippen molar-refractivity contribution < 1.29 is 9.53 Å². The zero-order valence-electron chi connectivity index (χ0n) is 11.6. The van der Waals surface area contributed by atoms with Gasteiger partial charge in [0, 0.05) is 12.5 Å². The van der Waals surface area contributed by atoms with Gasteiger partial charge in [0.05, 0.1) is 18.8 Å². The average molecular weight is 259 g/mol. The third kappa shape index (κ3) is 2.39. The molecule has 3 nitrogen and oxygen atoms in total. The van der Waals surface area contributed by atoms with Crippen molar-refractivity contribution in [2.24, 2.45) is 5.92 Å². The van der Waals surface area contributed by atoms with Crippen LogP contribution in [0.2, 0.25) is 0 Å². The van der Waals surface area contributed by atoms with E-state index in [0.717, 1.165) is 13.0 Å². The lowest BCUT2D eigenvalue weighted by molar-refractivity contribution is -0.147. The maximum Gasteiger partial charge on any atom is 0.226 e. The maximum absolute atomic E-state index is 12.6. The second kappa shape index (κ2) is 4.64. The minimum absolute atomic E-state index is 0.167. The van der Waals surface area contributed by atoms with Crippen LogP contribution < -0.4 is 0 Å². The number of nitrogens with zero attached hydrogens (tertiary/aromatic N) is 1. The Morgan fingerprint density at radius 2 is 2.05 bits per heavy atom. The number of carbonyl (C=O) groups is 1. The molecule has 0 spiro atoms. The van der Waals surface area contributed by atoms with Crippen molar-refractivity contribution in [2.45, 2.75) is 31.7 Å². The molecule has 1 aromatic rings. The molecular formula is C16H21NO2. The van der Waals surface area contributed by atoms with Gasteiger partial charge in [-0.3, -0.25) is 4.79 Å². The molecule has 1 aliphatic heterocycles. The van der Waals surface area contributed by atoms with Gasteiger partial charge in [0.25, 0.3) is 0 Å². The number of rotatable bonds is 2. The first-order valence-corrected chi connectivity index (χ1v) is 7.04. The van der Waals surface area contributed by atoms with Crippen molar-refractivity contribution in [1.82, 2.24) is 4.90 Å². The Kier molecular flexibility index (Phi) is 3.09. The normalized spacial score (nSPS) is 29.1. The Bertz CT molecular complexity index is 469. The molecule has 3 heteroatoms. The van der Waals surface area contributed by atoms with Crippen LogP contribution in [0.15, 0.2) is 30.3 Å². The predicted molar refractivity (Wildman–Crippen MR) is 73.9 cm³/mol. The van der Waals surface area contributed by atoms with E-state index in [1.54, 1.807) is 0 Å². The summed E-state index contributed by atoms with van der Waals surface area (Å²) >= 11 is 0. The van der Waals surface area contributed by atoms with Crippen LogP contribution in [-0.4, -0.2) is 36.1 Å². The molecule has 102 valence electrons. The van der Waals surface area contributed by atoms with Crippen LogP contribution in [0.1, 0.15) is 31.7 Å². The monoisotopic (exact) mass is 259 g/mol. The molecule has 0 bridgehead atoms. The van der Waals surface area contributed by atoms with Gasteiger partial charge < -0.3 is 9.64 Å². The topological polar surface area (TPSA) is 29.5 Å². The van der Waals surface area contributed by atoms with Crippen LogP contribution in [0.5, 0.6) is 0 Å². The molecule has 1 aliphatic carbocycles. The van der Waals surface area contributed by atoms with Gasteiger partial charge in [-0.2, -0.15) is 0 Å². The highest BCUT2D eigenvalue weighted by molar-refractivity contribution is 5.83. The van der Waals surface area contributed by atoms with Gasteiger partial charge in [0.15, 0.2) is 0 Å². The van der Waals surface area contributed by atoms with E-state index in [0.29, 0.717) is 25.0 Å². The largest absolute Gasteiger partial charge is 0.377 e. The van der Waals surface area contributed by atoms with Crippen molar-refractivity contribution in [1.29, 1.82) is 0 Å². The number of hydrogen-bond donors (Lipinski definition) is 0. The highest BCUT2D eigenvalue weighted by Crippen LogP contribution is 2.49. The molecule has 1 aromatic carbocycles. The van der Waals surface area contributed by atoms with Crippen molar-refractivity contribution in [2.75, 3.05) is 19.8 Å². The van der Waals surface area contributed by atoms with Gasteiger partial charge in [0.2, 0.25) is 5.91 Å². The molecular weight excluding hydrogens is 238 g/mol. The van der Waals surface area contributed by atoms with E-state index >= 15 is 0 Å². The van der Waals surface area contributed by atoms with E-state index in [9.17, 15) is 4.79 Å². The fraction of sp³-hybridized carbons (Fsp3) is 0.562. The van der Waals surface area contributed by atoms with Crippen LogP contribution in [0.25, 0.3) is 0 Å². The molecule has 19 heavy (non-hydrogen) atoms. The summed E-state index contributed by atoms with van der Waals surface area (Å²) in [7, 11) is 0. The first-order valence-electron chi connectivity index (χ1n) is 7.04. The summed E-state index contributed by atoms with van der Waals surface area (Å²) in [5, 5.41) is 0. The smallest absolute Gasteiger partial charge is 0.226 e. The van der Waals surface area contributed by atoms with Crippen LogP contribution in [0.3, 0.4) is 0 Å². The highest BCUT2D eigenvalue weighted by Gasteiger charge is 2.48. The standard InChI is InChI=1S/C16H21NO2/c1-16(2)11-19-9-8-17(16)15(18)14-10-13(14)12-6-4-3-5-7-12/h3-7,13-14H,8-11H2,1-2H3. The summed E-state index contributed by atoms with van der Waals surface area (Å²) in [4.78, 5) is 14.6. The third-order valence-electron chi connectivity index (χ3n) is 4.25. The quantitative estimate of drug-likeness (QED) is 0.816. The molecule has 2 fully saturated rings. The Hall–Kier alpha value is -1.35. The summed E-state index contributed by atoms with van der Waals surface area (Å²) < 4.78 is 5.48. The average Bonchev–Trinajstić information content (AvgIpc) is 3.19. The lowest BCUT2D eigenvalue weighted by Gasteiger charge is -2.42. The molecule has 3 rings (SSSR count).